The molecule has 0 aliphatic heterocycles. The van der Waals surface area contributed by atoms with Crippen LogP contribution in [0, 0.1) is 0 Å². The molecular weight excluding hydrogens is 268 g/mol. The summed E-state index contributed by atoms with van der Waals surface area (Å²) in [6, 6.07) is 12.4. The quantitative estimate of drug-likeness (QED) is 0.512. The third kappa shape index (κ3) is 1.92. The van der Waals surface area contributed by atoms with Gasteiger partial charge in [-0.1, -0.05) is 43.0 Å². The lowest BCUT2D eigenvalue weighted by Crippen LogP contribution is -2.04. The van der Waals surface area contributed by atoms with Crippen molar-refractivity contribution in [3.8, 4) is 0 Å². The molecule has 4 rings (SSSR count). The summed E-state index contributed by atoms with van der Waals surface area (Å²) in [5.74, 6) is 0.673. The fourth-order valence-corrected chi connectivity index (χ4v) is 3.75. The van der Waals surface area contributed by atoms with Gasteiger partial charge in [-0.15, -0.1) is 0 Å². The van der Waals surface area contributed by atoms with Crippen molar-refractivity contribution in [2.45, 2.75) is 38.0 Å². The van der Waals surface area contributed by atoms with E-state index in [-0.39, 0.29) is 0 Å². The molecule has 2 heteroatoms. The van der Waals surface area contributed by atoms with Crippen molar-refractivity contribution in [3.63, 3.8) is 0 Å². The highest BCUT2D eigenvalue weighted by Crippen LogP contribution is 2.40. The Morgan fingerprint density at radius 3 is 2.65 bits per heavy atom. The second kappa shape index (κ2) is 4.82. The number of furan rings is 1. The Kier molecular flexibility index (Phi) is 2.96. The van der Waals surface area contributed by atoms with Crippen LogP contribution in [0.25, 0.3) is 21.9 Å². The lowest BCUT2D eigenvalue weighted by molar-refractivity contribution is 0.445. The van der Waals surface area contributed by atoms with Crippen molar-refractivity contribution in [2.75, 3.05) is 0 Å². The van der Waals surface area contributed by atoms with Gasteiger partial charge in [-0.05, 0) is 48.6 Å². The second-order valence-electron chi connectivity index (χ2n) is 5.80. The van der Waals surface area contributed by atoms with Gasteiger partial charge in [0.05, 0.1) is 0 Å². The maximum absolute atomic E-state index is 6.17. The van der Waals surface area contributed by atoms with Gasteiger partial charge >= 0.3 is 0 Å². The third-order valence-corrected chi connectivity index (χ3v) is 4.77. The van der Waals surface area contributed by atoms with Crippen molar-refractivity contribution in [1.82, 2.24) is 0 Å². The molecule has 1 aliphatic rings. The van der Waals surface area contributed by atoms with Gasteiger partial charge in [0.1, 0.15) is 11.2 Å². The van der Waals surface area contributed by atoms with Gasteiger partial charge in [0.15, 0.2) is 0 Å². The van der Waals surface area contributed by atoms with Crippen molar-refractivity contribution in [2.24, 2.45) is 0 Å². The van der Waals surface area contributed by atoms with Crippen LogP contribution in [0.3, 0.4) is 0 Å². The molecule has 0 N–H and O–H groups in total. The molecular formula is C18H17ClO. The van der Waals surface area contributed by atoms with Crippen molar-refractivity contribution >= 4 is 33.5 Å². The van der Waals surface area contributed by atoms with E-state index in [0.29, 0.717) is 5.92 Å². The summed E-state index contributed by atoms with van der Waals surface area (Å²) in [6.07, 6.45) is 6.67. The highest BCUT2D eigenvalue weighted by Gasteiger charge is 2.20. The first kappa shape index (κ1) is 12.3. The van der Waals surface area contributed by atoms with E-state index >= 15 is 0 Å². The zero-order valence-corrected chi connectivity index (χ0v) is 12.1. The molecule has 0 bridgehead atoms. The van der Waals surface area contributed by atoms with Gasteiger partial charge < -0.3 is 4.42 Å². The Hall–Kier alpha value is -1.47. The largest absolute Gasteiger partial charge is 0.456 e. The van der Waals surface area contributed by atoms with Gasteiger partial charge in [-0.25, -0.2) is 0 Å². The van der Waals surface area contributed by atoms with Gasteiger partial charge in [-0.3, -0.25) is 0 Å². The molecule has 20 heavy (non-hydrogen) atoms. The summed E-state index contributed by atoms with van der Waals surface area (Å²) in [5, 5.41) is 3.21. The molecule has 0 spiro atoms. The molecule has 1 heterocycles. The molecule has 2 aromatic carbocycles. The minimum absolute atomic E-state index is 0.673. The van der Waals surface area contributed by atoms with Crippen molar-refractivity contribution in [1.29, 1.82) is 0 Å². The molecule has 1 aliphatic carbocycles. The Labute approximate surface area is 123 Å². The number of fused-ring (bicyclic) bond motifs is 3. The summed E-state index contributed by atoms with van der Waals surface area (Å²) in [6.45, 7) is 0. The van der Waals surface area contributed by atoms with Crippen LogP contribution in [0.1, 0.15) is 43.6 Å². The monoisotopic (exact) mass is 284 g/mol. The van der Waals surface area contributed by atoms with Crippen molar-refractivity contribution < 1.29 is 4.42 Å². The molecule has 0 radical (unpaired) electrons. The molecule has 0 saturated heterocycles. The average Bonchev–Trinajstić information content (AvgIpc) is 2.86. The van der Waals surface area contributed by atoms with Gasteiger partial charge in [0.25, 0.3) is 0 Å². The molecule has 1 aromatic heterocycles. The summed E-state index contributed by atoms with van der Waals surface area (Å²) in [7, 11) is 0. The predicted octanol–water partition coefficient (Wildman–Crippen LogP) is 6.29. The first-order valence-corrected chi connectivity index (χ1v) is 7.81. The Bertz CT molecular complexity index is 766. The van der Waals surface area contributed by atoms with E-state index in [1.165, 1.54) is 43.1 Å². The maximum Gasteiger partial charge on any atom is 0.135 e. The normalized spacial score (nSPS) is 17.1. The first-order chi connectivity index (χ1) is 9.83. The average molecular weight is 285 g/mol. The lowest BCUT2D eigenvalue weighted by atomic mass is 9.82. The molecule has 1 saturated carbocycles. The Morgan fingerprint density at radius 1 is 0.950 bits per heavy atom. The number of hydrogen-bond acceptors (Lipinski definition) is 1. The van der Waals surface area contributed by atoms with Crippen LogP contribution in [0.2, 0.25) is 5.02 Å². The standard InChI is InChI=1S/C18H17ClO/c19-13-9-10-16-15(11-13)18-14(7-4-8-17(18)20-16)12-5-2-1-3-6-12/h4,7-12H,1-3,5-6H2. The van der Waals surface area contributed by atoms with Crippen LogP contribution in [-0.4, -0.2) is 0 Å². The SMILES string of the molecule is Clc1ccc2oc3cccc(C4CCCCC4)c3c2c1. The smallest absolute Gasteiger partial charge is 0.135 e. The highest BCUT2D eigenvalue weighted by molar-refractivity contribution is 6.31. The van der Waals surface area contributed by atoms with E-state index < -0.39 is 0 Å². The summed E-state index contributed by atoms with van der Waals surface area (Å²) in [5.41, 5.74) is 3.38. The number of halogens is 1. The van der Waals surface area contributed by atoms with Crippen LogP contribution < -0.4 is 0 Å². The zero-order chi connectivity index (χ0) is 13.5. The zero-order valence-electron chi connectivity index (χ0n) is 11.4. The van der Waals surface area contributed by atoms with Crippen LogP contribution in [-0.2, 0) is 0 Å². The number of benzene rings is 2. The Morgan fingerprint density at radius 2 is 1.80 bits per heavy atom. The van der Waals surface area contributed by atoms with E-state index in [2.05, 4.69) is 18.2 Å². The van der Waals surface area contributed by atoms with Crippen LogP contribution in [0.4, 0.5) is 0 Å². The molecule has 1 fully saturated rings. The van der Waals surface area contributed by atoms with Crippen molar-refractivity contribution in [3.05, 3.63) is 47.0 Å². The maximum atomic E-state index is 6.17. The Balaban J connectivity index is 1.99. The third-order valence-electron chi connectivity index (χ3n) is 4.53. The molecule has 102 valence electrons. The van der Waals surface area contributed by atoms with E-state index in [0.717, 1.165) is 21.6 Å². The fraction of sp³-hybridized carbons (Fsp3) is 0.333. The fourth-order valence-electron chi connectivity index (χ4n) is 3.58. The predicted molar refractivity (Wildman–Crippen MR) is 84.6 cm³/mol. The van der Waals surface area contributed by atoms with E-state index in [1.807, 2.05) is 18.2 Å². The lowest BCUT2D eigenvalue weighted by Gasteiger charge is -2.22. The molecule has 1 nitrogen and oxygen atoms in total. The van der Waals surface area contributed by atoms with Crippen LogP contribution >= 0.6 is 11.6 Å². The van der Waals surface area contributed by atoms with Gasteiger partial charge in [0, 0.05) is 15.8 Å². The topological polar surface area (TPSA) is 13.1 Å². The number of hydrogen-bond donors (Lipinski definition) is 0. The molecule has 0 atom stereocenters. The van der Waals surface area contributed by atoms with Gasteiger partial charge in [0.2, 0.25) is 0 Å². The van der Waals surface area contributed by atoms with Crippen LogP contribution in [0.15, 0.2) is 40.8 Å². The van der Waals surface area contributed by atoms with Gasteiger partial charge in [-0.2, -0.15) is 0 Å². The second-order valence-corrected chi connectivity index (χ2v) is 6.23. The van der Waals surface area contributed by atoms with E-state index in [1.54, 1.807) is 0 Å². The summed E-state index contributed by atoms with van der Waals surface area (Å²) < 4.78 is 5.98. The minimum Gasteiger partial charge on any atom is -0.456 e. The number of rotatable bonds is 1. The van der Waals surface area contributed by atoms with E-state index in [9.17, 15) is 0 Å². The van der Waals surface area contributed by atoms with E-state index in [4.69, 9.17) is 16.0 Å². The molecule has 0 unspecified atom stereocenters. The minimum atomic E-state index is 0.673. The molecule has 3 aromatic rings. The highest BCUT2D eigenvalue weighted by atomic mass is 35.5. The first-order valence-electron chi connectivity index (χ1n) is 7.43. The summed E-state index contributed by atoms with van der Waals surface area (Å²) >= 11 is 6.17. The van der Waals surface area contributed by atoms with Crippen LogP contribution in [0.5, 0.6) is 0 Å². The summed E-state index contributed by atoms with van der Waals surface area (Å²) in [4.78, 5) is 0. The molecule has 0 amide bonds.